The van der Waals surface area contributed by atoms with Crippen LogP contribution in [0, 0.1) is 0 Å². The van der Waals surface area contributed by atoms with Crippen LogP contribution in [0.15, 0.2) is 63.3 Å². The lowest BCUT2D eigenvalue weighted by atomic mass is 9.96. The van der Waals surface area contributed by atoms with Crippen LogP contribution in [-0.2, 0) is 37.9 Å². The average Bonchev–Trinajstić information content (AvgIpc) is 2.93. The second-order valence-electron chi connectivity index (χ2n) is 8.51. The van der Waals surface area contributed by atoms with E-state index in [0.717, 1.165) is 0 Å². The number of aliphatic hydroxyl groups is 3. The van der Waals surface area contributed by atoms with Crippen LogP contribution < -0.4 is 0 Å². The van der Waals surface area contributed by atoms with Gasteiger partial charge < -0.3 is 53.2 Å². The van der Waals surface area contributed by atoms with E-state index in [4.69, 9.17) is 37.9 Å². The van der Waals surface area contributed by atoms with Crippen LogP contribution in [0.1, 0.15) is 0 Å². The third-order valence-corrected chi connectivity index (χ3v) is 5.87. The summed E-state index contributed by atoms with van der Waals surface area (Å²) in [6, 6.07) is 0. The third kappa shape index (κ3) is 8.63. The van der Waals surface area contributed by atoms with Crippen LogP contribution in [-0.4, -0.2) is 123 Å². The Morgan fingerprint density at radius 1 is 0.526 bits per heavy atom. The molecule has 0 aromatic rings. The zero-order valence-corrected chi connectivity index (χ0v) is 21.8. The second-order valence-corrected chi connectivity index (χ2v) is 8.51. The fourth-order valence-electron chi connectivity index (χ4n) is 4.24. The number of aliphatic hydroxyl groups excluding tert-OH is 3. The molecule has 10 atom stereocenters. The van der Waals surface area contributed by atoms with Crippen LogP contribution >= 0.6 is 0 Å². The van der Waals surface area contributed by atoms with Gasteiger partial charge >= 0.3 is 0 Å². The Balaban J connectivity index is 2.44. The summed E-state index contributed by atoms with van der Waals surface area (Å²) in [5.41, 5.74) is 0. The predicted octanol–water partition coefficient (Wildman–Crippen LogP) is 0.654. The van der Waals surface area contributed by atoms with Gasteiger partial charge in [0.15, 0.2) is 12.6 Å². The van der Waals surface area contributed by atoms with Gasteiger partial charge in [-0.1, -0.05) is 30.4 Å². The van der Waals surface area contributed by atoms with Crippen molar-refractivity contribution in [1.29, 1.82) is 0 Å². The quantitative estimate of drug-likeness (QED) is 0.199. The van der Waals surface area contributed by atoms with Gasteiger partial charge in [0.2, 0.25) is 0 Å². The maximum absolute atomic E-state index is 10.8. The SMILES string of the molecule is C=CCO[C@@H]1O[C@H](CO)[C@@H](O[C@H]2O[C@H](CO)[C@@H](O)[C@H](OCC=C)[C@H]2OCC=C)[C@H](OCC=C)[C@H]1OCC=C. The van der Waals surface area contributed by atoms with Crippen molar-refractivity contribution in [3.8, 4) is 0 Å². The highest BCUT2D eigenvalue weighted by molar-refractivity contribution is 4.97. The highest BCUT2D eigenvalue weighted by Crippen LogP contribution is 2.34. The molecule has 0 spiro atoms. The molecule has 2 fully saturated rings. The topological polar surface area (TPSA) is 135 Å². The second kappa shape index (κ2) is 17.8. The van der Waals surface area contributed by atoms with E-state index in [1.165, 1.54) is 12.2 Å². The van der Waals surface area contributed by atoms with Crippen molar-refractivity contribution in [1.82, 2.24) is 0 Å². The molecule has 2 saturated heterocycles. The summed E-state index contributed by atoms with van der Waals surface area (Å²) in [6.45, 7) is 18.1. The standard InChI is InChI=1S/C27H42O11/c1-6-11-31-22-20(30)18(16-28)36-27(24(22)33-13-8-3)38-21-19(17-29)37-26(35-15-10-5)25(34-14-9-4)23(21)32-12-7-2/h6-10,18-30H,1-5,11-17H2/t18-,19-,20-,21-,22+,23+,24-,25-,26-,27-/m1/s1. The molecule has 0 bridgehead atoms. The molecule has 0 saturated carbocycles. The molecule has 3 N–H and O–H groups in total. The zero-order valence-electron chi connectivity index (χ0n) is 21.8. The largest absolute Gasteiger partial charge is 0.394 e. The van der Waals surface area contributed by atoms with Crippen molar-refractivity contribution in [2.45, 2.75) is 61.4 Å². The average molecular weight is 543 g/mol. The van der Waals surface area contributed by atoms with E-state index in [-0.39, 0.29) is 33.0 Å². The number of rotatable bonds is 19. The molecule has 0 radical (unpaired) electrons. The van der Waals surface area contributed by atoms with Gasteiger partial charge in [0.25, 0.3) is 0 Å². The first-order chi connectivity index (χ1) is 18.5. The van der Waals surface area contributed by atoms with Crippen LogP contribution in [0.3, 0.4) is 0 Å². The minimum absolute atomic E-state index is 0.0991. The molecule has 38 heavy (non-hydrogen) atoms. The van der Waals surface area contributed by atoms with Gasteiger partial charge in [-0.2, -0.15) is 0 Å². The first-order valence-corrected chi connectivity index (χ1v) is 12.5. The van der Waals surface area contributed by atoms with Crippen molar-refractivity contribution in [2.24, 2.45) is 0 Å². The molecule has 2 aliphatic rings. The Morgan fingerprint density at radius 3 is 1.45 bits per heavy atom. The fraction of sp³-hybridized carbons (Fsp3) is 0.630. The molecule has 216 valence electrons. The molecular formula is C27H42O11. The smallest absolute Gasteiger partial charge is 0.187 e. The summed E-state index contributed by atoms with van der Waals surface area (Å²) in [6.07, 6.45) is -2.03. The molecule has 2 aliphatic heterocycles. The predicted molar refractivity (Wildman–Crippen MR) is 138 cm³/mol. The zero-order chi connectivity index (χ0) is 27.9. The number of hydrogen-bond acceptors (Lipinski definition) is 11. The van der Waals surface area contributed by atoms with Gasteiger partial charge in [0.1, 0.15) is 48.8 Å². The highest BCUT2D eigenvalue weighted by Gasteiger charge is 2.53. The Hall–Kier alpha value is -1.74. The summed E-state index contributed by atoms with van der Waals surface area (Å²) in [4.78, 5) is 0. The lowest BCUT2D eigenvalue weighted by Gasteiger charge is -2.49. The van der Waals surface area contributed by atoms with Gasteiger partial charge in [0, 0.05) is 0 Å². The summed E-state index contributed by atoms with van der Waals surface area (Å²) in [5.74, 6) is 0. The summed E-state index contributed by atoms with van der Waals surface area (Å²) in [7, 11) is 0. The summed E-state index contributed by atoms with van der Waals surface area (Å²) < 4.78 is 47.8. The van der Waals surface area contributed by atoms with Crippen molar-refractivity contribution in [3.63, 3.8) is 0 Å². The summed E-state index contributed by atoms with van der Waals surface area (Å²) in [5, 5.41) is 30.9. The van der Waals surface area contributed by atoms with E-state index in [9.17, 15) is 15.3 Å². The van der Waals surface area contributed by atoms with E-state index in [2.05, 4.69) is 32.9 Å². The van der Waals surface area contributed by atoms with E-state index < -0.39 is 74.6 Å². The molecule has 11 nitrogen and oxygen atoms in total. The maximum Gasteiger partial charge on any atom is 0.187 e. The molecule has 2 heterocycles. The molecule has 0 aliphatic carbocycles. The first kappa shape index (κ1) is 32.5. The van der Waals surface area contributed by atoms with Gasteiger partial charge in [-0.15, -0.1) is 32.9 Å². The monoisotopic (exact) mass is 542 g/mol. The van der Waals surface area contributed by atoms with E-state index >= 15 is 0 Å². The van der Waals surface area contributed by atoms with E-state index in [1.54, 1.807) is 18.2 Å². The molecular weight excluding hydrogens is 500 g/mol. The molecule has 0 unspecified atom stereocenters. The normalized spacial score (nSPS) is 35.3. The van der Waals surface area contributed by atoms with Gasteiger partial charge in [-0.3, -0.25) is 0 Å². The van der Waals surface area contributed by atoms with Crippen LogP contribution in [0.4, 0.5) is 0 Å². The minimum Gasteiger partial charge on any atom is -0.394 e. The Morgan fingerprint density at radius 2 is 0.947 bits per heavy atom. The molecule has 0 aromatic heterocycles. The highest BCUT2D eigenvalue weighted by atomic mass is 16.8. The van der Waals surface area contributed by atoms with Crippen LogP contribution in [0.5, 0.6) is 0 Å². The Bertz CT molecular complexity index is 732. The maximum atomic E-state index is 10.8. The molecule has 0 amide bonds. The summed E-state index contributed by atoms with van der Waals surface area (Å²) >= 11 is 0. The Labute approximate surface area is 224 Å². The lowest BCUT2D eigenvalue weighted by Crippen LogP contribution is -2.66. The fourth-order valence-corrected chi connectivity index (χ4v) is 4.24. The van der Waals surface area contributed by atoms with Gasteiger partial charge in [0.05, 0.1) is 46.2 Å². The van der Waals surface area contributed by atoms with Crippen LogP contribution in [0.25, 0.3) is 0 Å². The molecule has 0 aromatic carbocycles. The molecule has 2 rings (SSSR count). The van der Waals surface area contributed by atoms with Crippen LogP contribution in [0.2, 0.25) is 0 Å². The number of ether oxygens (including phenoxy) is 8. The van der Waals surface area contributed by atoms with Crippen molar-refractivity contribution < 1.29 is 53.2 Å². The first-order valence-electron chi connectivity index (χ1n) is 12.5. The van der Waals surface area contributed by atoms with Gasteiger partial charge in [-0.25, -0.2) is 0 Å². The van der Waals surface area contributed by atoms with Gasteiger partial charge in [-0.05, 0) is 0 Å². The molecule has 11 heteroatoms. The number of hydrogen-bond donors (Lipinski definition) is 3. The van der Waals surface area contributed by atoms with Crippen molar-refractivity contribution >= 4 is 0 Å². The van der Waals surface area contributed by atoms with Crippen molar-refractivity contribution in [2.75, 3.05) is 46.2 Å². The third-order valence-electron chi connectivity index (χ3n) is 5.87. The van der Waals surface area contributed by atoms with E-state index in [1.807, 2.05) is 0 Å². The van der Waals surface area contributed by atoms with E-state index in [0.29, 0.717) is 0 Å². The minimum atomic E-state index is -1.22. The Kier molecular flexibility index (Phi) is 15.2. The van der Waals surface area contributed by atoms with Crippen molar-refractivity contribution in [3.05, 3.63) is 63.3 Å². The lowest BCUT2D eigenvalue weighted by molar-refractivity contribution is -0.368.